The number of anilines is 2. The van der Waals surface area contributed by atoms with Crippen LogP contribution < -0.4 is 28.7 Å². The average molecular weight is 1200 g/mol. The number of ether oxygens (including phenoxy) is 2. The Morgan fingerprint density at radius 1 is 0.573 bits per heavy atom. The van der Waals surface area contributed by atoms with Crippen LogP contribution in [0.1, 0.15) is 146 Å². The number of nitrogens with one attached hydrogen (secondary N) is 2. The van der Waals surface area contributed by atoms with Gasteiger partial charge in [0.1, 0.15) is 11.5 Å². The lowest BCUT2D eigenvalue weighted by Crippen LogP contribution is -2.54. The summed E-state index contributed by atoms with van der Waals surface area (Å²) < 4.78 is 56.5. The number of aliphatic hydroxyl groups excluding tert-OH is 2. The number of sulfonamides is 1. The molecule has 4 aliphatic carbocycles. The van der Waals surface area contributed by atoms with E-state index in [1.165, 1.54) is 22.3 Å². The molecule has 2 saturated carbocycles. The molecule has 0 saturated heterocycles. The molecule has 2 spiro atoms. The maximum atomic E-state index is 13.3. The first-order chi connectivity index (χ1) is 39.2. The van der Waals surface area contributed by atoms with Crippen molar-refractivity contribution in [1.29, 1.82) is 0 Å². The zero-order chi connectivity index (χ0) is 57.7. The van der Waals surface area contributed by atoms with E-state index in [-0.39, 0.29) is 64.8 Å². The van der Waals surface area contributed by atoms with Crippen LogP contribution in [0.25, 0.3) is 0 Å². The summed E-state index contributed by atoms with van der Waals surface area (Å²) in [6.07, 6.45) is 14.1. The molecule has 4 aliphatic heterocycles. The Morgan fingerprint density at radius 2 is 1.04 bits per heavy atom. The first-order valence-electron chi connectivity index (χ1n) is 29.7. The van der Waals surface area contributed by atoms with Crippen molar-refractivity contribution in [1.82, 2.24) is 9.44 Å². The predicted molar refractivity (Wildman–Crippen MR) is 323 cm³/mol. The Labute approximate surface area is 493 Å². The van der Waals surface area contributed by atoms with Crippen molar-refractivity contribution in [2.24, 2.45) is 23.7 Å². The minimum absolute atomic E-state index is 0.00928. The van der Waals surface area contributed by atoms with Crippen molar-refractivity contribution in [2.45, 2.75) is 138 Å². The van der Waals surface area contributed by atoms with Crippen molar-refractivity contribution in [3.63, 3.8) is 0 Å². The van der Waals surface area contributed by atoms with Crippen LogP contribution in [-0.4, -0.2) is 126 Å². The molecule has 4 aromatic rings. The molecule has 6 N–H and O–H groups in total. The van der Waals surface area contributed by atoms with Crippen molar-refractivity contribution < 1.29 is 52.1 Å². The summed E-state index contributed by atoms with van der Waals surface area (Å²) in [5, 5.41) is 45.3. The normalized spacial score (nSPS) is 32.8. The van der Waals surface area contributed by atoms with E-state index < -0.39 is 42.7 Å². The monoisotopic (exact) mass is 1200 g/mol. The number of hydrogen-bond donors (Lipinski definition) is 6. The van der Waals surface area contributed by atoms with Gasteiger partial charge in [-0.2, -0.15) is 0 Å². The van der Waals surface area contributed by atoms with Crippen LogP contribution in [0.2, 0.25) is 10.0 Å². The minimum Gasteiger partial charge on any atom is -0.490 e. The van der Waals surface area contributed by atoms with Gasteiger partial charge in [-0.15, -0.1) is 0 Å². The fraction of sp³-hybridized carbons (Fsp3) is 0.571. The predicted octanol–water partition coefficient (Wildman–Crippen LogP) is 8.69. The van der Waals surface area contributed by atoms with E-state index in [1.807, 2.05) is 24.3 Å². The first kappa shape index (κ1) is 59.2. The summed E-state index contributed by atoms with van der Waals surface area (Å²) in [5.41, 5.74) is 4.35. The number of aliphatic hydroxyl groups is 4. The van der Waals surface area contributed by atoms with Gasteiger partial charge in [-0.25, -0.2) is 17.3 Å². The lowest BCUT2D eigenvalue weighted by atomic mass is 9.63. The third kappa shape index (κ3) is 12.1. The maximum Gasteiger partial charge on any atom is 0.264 e. The van der Waals surface area contributed by atoms with Gasteiger partial charge in [0.25, 0.3) is 11.8 Å². The number of carbonyl (C=O) groups is 2. The topological polar surface area (TPSA) is 215 Å². The van der Waals surface area contributed by atoms with Crippen molar-refractivity contribution in [3.8, 4) is 11.5 Å². The van der Waals surface area contributed by atoms with Crippen LogP contribution in [0, 0.1) is 23.7 Å². The van der Waals surface area contributed by atoms with Crippen molar-refractivity contribution in [3.05, 3.63) is 116 Å². The van der Waals surface area contributed by atoms with E-state index in [0.29, 0.717) is 101 Å². The molecular weight excluding hydrogens is 1120 g/mol. The summed E-state index contributed by atoms with van der Waals surface area (Å²) in [4.78, 5) is 31.0. The van der Waals surface area contributed by atoms with Crippen LogP contribution in [0.4, 0.5) is 11.4 Å². The van der Waals surface area contributed by atoms with Gasteiger partial charge >= 0.3 is 0 Å². The summed E-state index contributed by atoms with van der Waals surface area (Å²) in [5.74, 6) is 4.54. The van der Waals surface area contributed by atoms with Crippen molar-refractivity contribution >= 4 is 72.0 Å². The largest absolute Gasteiger partial charge is 0.490 e. The molecular formula is C63H80Cl2N4O11S2. The number of amides is 2. The highest BCUT2D eigenvalue weighted by atomic mass is 35.5. The van der Waals surface area contributed by atoms with E-state index >= 15 is 0 Å². The molecule has 15 nitrogen and oxygen atoms in total. The van der Waals surface area contributed by atoms with Gasteiger partial charge in [0.05, 0.1) is 54.8 Å². The van der Waals surface area contributed by atoms with Gasteiger partial charge in [-0.1, -0.05) is 61.0 Å². The van der Waals surface area contributed by atoms with Crippen molar-refractivity contribution in [2.75, 3.05) is 73.9 Å². The third-order valence-corrected chi connectivity index (χ3v) is 23.2. The molecule has 19 heteroatoms. The summed E-state index contributed by atoms with van der Waals surface area (Å²) in [7, 11) is -6.64. The van der Waals surface area contributed by atoms with Gasteiger partial charge in [-0.05, 0) is 202 Å². The Balaban J connectivity index is 0.000000172. The highest BCUT2D eigenvalue weighted by Crippen LogP contribution is 2.51. The Hall–Kier alpha value is -4.59. The molecule has 4 heterocycles. The number of rotatable bonds is 2. The molecule has 1 unspecified atom stereocenters. The number of fused-ring (bicyclic) bond motifs is 8. The van der Waals surface area contributed by atoms with Crippen LogP contribution in [-0.2, 0) is 43.4 Å². The number of aryl methyl sites for hydroxylation is 2. The van der Waals surface area contributed by atoms with Crippen LogP contribution in [0.5, 0.6) is 11.5 Å². The van der Waals surface area contributed by atoms with E-state index in [1.54, 1.807) is 24.3 Å². The quantitative estimate of drug-likeness (QED) is 0.104. The Kier molecular flexibility index (Phi) is 17.1. The molecule has 8 aliphatic rings. The molecule has 2 fully saturated rings. The second kappa shape index (κ2) is 23.7. The maximum absolute atomic E-state index is 13.3. The van der Waals surface area contributed by atoms with Gasteiger partial charge in [0.15, 0.2) is 0 Å². The highest BCUT2D eigenvalue weighted by molar-refractivity contribution is 7.99. The van der Waals surface area contributed by atoms with E-state index in [9.17, 15) is 42.6 Å². The fourth-order valence-electron chi connectivity index (χ4n) is 15.2. The fourth-order valence-corrected chi connectivity index (χ4v) is 17.9. The Morgan fingerprint density at radius 3 is 1.49 bits per heavy atom. The second-order valence-corrected chi connectivity index (χ2v) is 30.3. The van der Waals surface area contributed by atoms with E-state index in [0.717, 1.165) is 92.0 Å². The van der Waals surface area contributed by atoms with Gasteiger partial charge in [-0.3, -0.25) is 14.3 Å². The molecule has 0 aromatic heterocycles. The minimum atomic E-state index is -3.82. The van der Waals surface area contributed by atoms with Crippen LogP contribution in [0.3, 0.4) is 0 Å². The van der Waals surface area contributed by atoms with Gasteiger partial charge in [0, 0.05) is 73.6 Å². The average Bonchev–Trinajstić information content (AvgIpc) is 2.67. The zero-order valence-electron chi connectivity index (χ0n) is 46.9. The molecule has 82 heavy (non-hydrogen) atoms. The van der Waals surface area contributed by atoms with E-state index in [2.05, 4.69) is 49.4 Å². The molecule has 4 aromatic carbocycles. The molecule has 4 bridgehead atoms. The molecule has 444 valence electrons. The lowest BCUT2D eigenvalue weighted by molar-refractivity contribution is -0.117. The standard InChI is InChI=1S/C32H41ClN2O5S.C31H39ClN2O6S/c1-41(39)15-4-2-3-14-32(38,20-36)27-10-7-24(27)18-35-19-31(13-5-6-22-16-25(33)9-11-26(22)31)21-40-29-12-8-23(17-28(29)35)30(37)34-41;32-24-8-10-25-21(15-24)5-4-12-30(25)18-34-17-23-6-9-26(23)31(37,19-35)13-2-1-3-14-41(38,39)33-29(36)22-7-11-28(40-20-30)27(34)16-22/h8-9,11-12,16-17,24,27,36,38H,1-7,10,13-15,18-21H2,(H,34,37,39);7-8,10-11,15-16,23,26,35,37H,1-6,9,12-14,17-20H2,(H,33,36)/t24-,27+,31-,32+,41?;23-,26+,30-,31-/m00/s1. The van der Waals surface area contributed by atoms with Crippen LogP contribution in [0.15, 0.2) is 72.8 Å². The number of carbonyl (C=O) groups excluding carboxylic acids is 2. The second-order valence-electron chi connectivity index (χ2n) is 25.3. The Bertz CT molecular complexity index is 3080. The third-order valence-electron chi connectivity index (χ3n) is 19.9. The number of halogens is 2. The summed E-state index contributed by atoms with van der Waals surface area (Å²) >= 11 is 12.8. The molecule has 12 rings (SSSR count). The zero-order valence-corrected chi connectivity index (χ0v) is 50.0. The first-order valence-corrected chi connectivity index (χ1v) is 34.0. The molecule has 0 radical (unpaired) electrons. The van der Waals surface area contributed by atoms with Gasteiger partial charge < -0.3 is 39.7 Å². The smallest absolute Gasteiger partial charge is 0.264 e. The molecule has 2 amide bonds. The summed E-state index contributed by atoms with van der Waals surface area (Å²) in [6, 6.07) is 22.8. The number of nitrogens with zero attached hydrogens (tertiary/aromatic N) is 2. The van der Waals surface area contributed by atoms with E-state index in [4.69, 9.17) is 32.7 Å². The number of hydrogen-bond acceptors (Lipinski definition) is 13. The highest BCUT2D eigenvalue weighted by Gasteiger charge is 2.51. The lowest BCUT2D eigenvalue weighted by Gasteiger charge is -2.49. The van der Waals surface area contributed by atoms with Crippen LogP contribution >= 0.6 is 23.2 Å². The molecule has 9 atom stereocenters. The number of benzene rings is 4. The SMILES string of the molecule is C=S1(=O)CCCCC[C@@](O)(CO)[C@@H]2CC[C@H]2CN2C[C@@]3(CCCc4cc(Cl)ccc43)COc3ccc(cc32)C(=O)N1.O=C1NS(=O)(=O)CCCCC[C@](O)(CO)[C@@H]2CC[C@H]2CN2C[C@@]3(CCCc4cc(Cl)ccc43)COc3ccc1cc32. The van der Waals surface area contributed by atoms with Gasteiger partial charge in [0.2, 0.25) is 10.0 Å². The summed E-state index contributed by atoms with van der Waals surface area (Å²) in [6.45, 7) is 3.08.